The van der Waals surface area contributed by atoms with E-state index in [2.05, 4.69) is 20.8 Å². The number of hydrogen-bond acceptors (Lipinski definition) is 3. The van der Waals surface area contributed by atoms with Crippen LogP contribution in [0.5, 0.6) is 0 Å². The second kappa shape index (κ2) is 7.44. The van der Waals surface area contributed by atoms with E-state index in [1.807, 2.05) is 0 Å². The number of hydrogen-bond donors (Lipinski definition) is 1. The van der Waals surface area contributed by atoms with Gasteiger partial charge in [0, 0.05) is 12.4 Å². The van der Waals surface area contributed by atoms with Crippen molar-refractivity contribution in [2.24, 2.45) is 17.3 Å². The van der Waals surface area contributed by atoms with E-state index < -0.39 is 11.6 Å². The van der Waals surface area contributed by atoms with Gasteiger partial charge in [0.25, 0.3) is 0 Å². The maximum atomic E-state index is 10.5. The van der Waals surface area contributed by atoms with Gasteiger partial charge in [0.1, 0.15) is 0 Å². The molecule has 0 aromatic carbocycles. The summed E-state index contributed by atoms with van der Waals surface area (Å²) in [6.07, 6.45) is 4.80. The van der Waals surface area contributed by atoms with Crippen molar-refractivity contribution in [3.63, 3.8) is 0 Å². The first-order valence-corrected chi connectivity index (χ1v) is 7.07. The fourth-order valence-electron chi connectivity index (χ4n) is 3.24. The van der Waals surface area contributed by atoms with Gasteiger partial charge in [0.2, 0.25) is 0 Å². The van der Waals surface area contributed by atoms with Crippen LogP contribution in [-0.4, -0.2) is 16.7 Å². The van der Waals surface area contributed by atoms with Gasteiger partial charge < -0.3 is 15.0 Å². The summed E-state index contributed by atoms with van der Waals surface area (Å²) in [7, 11) is 0. The Labute approximate surface area is 139 Å². The summed E-state index contributed by atoms with van der Waals surface area (Å²) in [6.45, 7) is 8.56. The molecule has 3 nitrogen and oxygen atoms in total. The van der Waals surface area contributed by atoms with E-state index in [1.54, 1.807) is 6.92 Å². The molecular formula is C15H27NaO3. The maximum absolute atomic E-state index is 10.5. The van der Waals surface area contributed by atoms with Crippen LogP contribution in [0, 0.1) is 17.3 Å². The number of rotatable bonds is 6. The minimum atomic E-state index is -1.17. The van der Waals surface area contributed by atoms with Crippen LogP contribution in [0.1, 0.15) is 66.2 Å². The van der Waals surface area contributed by atoms with Crippen molar-refractivity contribution < 1.29 is 44.6 Å². The second-order valence-electron chi connectivity index (χ2n) is 6.93. The predicted octanol–water partition coefficient (Wildman–Crippen LogP) is -0.876. The molecule has 1 saturated carbocycles. The fourth-order valence-corrected chi connectivity index (χ4v) is 3.24. The van der Waals surface area contributed by atoms with Gasteiger partial charge in [-0.05, 0) is 49.9 Å². The molecule has 106 valence electrons. The maximum Gasteiger partial charge on any atom is 1.00 e. The molecule has 0 spiro atoms. The molecule has 0 saturated heterocycles. The van der Waals surface area contributed by atoms with Crippen molar-refractivity contribution in [2.75, 3.05) is 0 Å². The van der Waals surface area contributed by atoms with Crippen LogP contribution in [-0.2, 0) is 4.79 Å². The van der Waals surface area contributed by atoms with E-state index >= 15 is 0 Å². The number of carbonyl (C=O) groups excluding carboxylic acids is 1. The van der Waals surface area contributed by atoms with Crippen LogP contribution in [0.2, 0.25) is 0 Å². The standard InChI is InChI=1S/C15H28O3.Na/c1-11-7-8-12(14(11,2)3)6-5-9-15(4,18)10-13(16)17;/h11-12,18H,5-10H2,1-4H3,(H,16,17);/q;+1/p-1. The zero-order valence-corrected chi connectivity index (χ0v) is 15.2. The average Bonchev–Trinajstić information content (AvgIpc) is 2.42. The van der Waals surface area contributed by atoms with Gasteiger partial charge in [0.15, 0.2) is 0 Å². The van der Waals surface area contributed by atoms with Crippen molar-refractivity contribution in [1.29, 1.82) is 0 Å². The zero-order chi connectivity index (χ0) is 14.0. The van der Waals surface area contributed by atoms with E-state index in [0.717, 1.165) is 18.8 Å². The molecule has 1 aliphatic carbocycles. The number of carbonyl (C=O) groups is 1. The van der Waals surface area contributed by atoms with Crippen LogP contribution in [0.4, 0.5) is 0 Å². The van der Waals surface area contributed by atoms with Gasteiger partial charge in [-0.1, -0.05) is 27.2 Å². The Kier molecular flexibility index (Phi) is 7.61. The fraction of sp³-hybridized carbons (Fsp3) is 0.933. The van der Waals surface area contributed by atoms with Crippen molar-refractivity contribution in [3.05, 3.63) is 0 Å². The minimum absolute atomic E-state index is 0. The first-order chi connectivity index (χ1) is 8.15. The first-order valence-electron chi connectivity index (χ1n) is 7.07. The Morgan fingerprint density at radius 1 is 1.42 bits per heavy atom. The molecule has 0 radical (unpaired) electrons. The average molecular weight is 278 g/mol. The van der Waals surface area contributed by atoms with Crippen molar-refractivity contribution in [3.8, 4) is 0 Å². The van der Waals surface area contributed by atoms with Crippen molar-refractivity contribution in [1.82, 2.24) is 0 Å². The summed E-state index contributed by atoms with van der Waals surface area (Å²) in [5, 5.41) is 20.4. The number of aliphatic hydroxyl groups is 1. The number of carboxylic acids is 1. The summed E-state index contributed by atoms with van der Waals surface area (Å²) < 4.78 is 0. The van der Waals surface area contributed by atoms with Crippen molar-refractivity contribution in [2.45, 2.75) is 71.8 Å². The molecule has 0 aliphatic heterocycles. The summed E-state index contributed by atoms with van der Waals surface area (Å²) in [5.41, 5.74) is -0.743. The van der Waals surface area contributed by atoms with Gasteiger partial charge in [-0.25, -0.2) is 0 Å². The first kappa shape index (κ1) is 19.4. The summed E-state index contributed by atoms with van der Waals surface area (Å²) in [5.74, 6) is 0.285. The van der Waals surface area contributed by atoms with Gasteiger partial charge in [-0.2, -0.15) is 0 Å². The Bertz CT molecular complexity index is 300. The smallest absolute Gasteiger partial charge is 0.550 e. The minimum Gasteiger partial charge on any atom is -0.550 e. The third-order valence-electron chi connectivity index (χ3n) is 5.06. The Hall–Kier alpha value is 0.430. The summed E-state index contributed by atoms with van der Waals surface area (Å²) in [6, 6.07) is 0. The van der Waals surface area contributed by atoms with Crippen LogP contribution < -0.4 is 34.7 Å². The Morgan fingerprint density at radius 2 is 2.00 bits per heavy atom. The zero-order valence-electron chi connectivity index (χ0n) is 13.2. The van der Waals surface area contributed by atoms with Gasteiger partial charge in [-0.3, -0.25) is 0 Å². The van der Waals surface area contributed by atoms with E-state index in [-0.39, 0.29) is 36.0 Å². The second-order valence-corrected chi connectivity index (χ2v) is 6.93. The molecule has 19 heavy (non-hydrogen) atoms. The monoisotopic (exact) mass is 278 g/mol. The van der Waals surface area contributed by atoms with Crippen LogP contribution >= 0.6 is 0 Å². The molecule has 3 atom stereocenters. The molecule has 0 heterocycles. The molecule has 4 heteroatoms. The largest absolute Gasteiger partial charge is 1.00 e. The quantitative estimate of drug-likeness (QED) is 0.642. The number of carboxylic acid groups (broad SMARTS) is 1. The molecule has 0 amide bonds. The molecular weight excluding hydrogens is 251 g/mol. The third-order valence-corrected chi connectivity index (χ3v) is 5.06. The van der Waals surface area contributed by atoms with Crippen LogP contribution in [0.25, 0.3) is 0 Å². The normalized spacial score (nSPS) is 28.5. The van der Waals surface area contributed by atoms with Gasteiger partial charge in [-0.15, -0.1) is 0 Å². The van der Waals surface area contributed by atoms with Crippen LogP contribution in [0.15, 0.2) is 0 Å². The van der Waals surface area contributed by atoms with E-state index in [0.29, 0.717) is 17.8 Å². The SMILES string of the molecule is CC1CCC(CCCC(C)(O)CC(=O)[O-])C1(C)C.[Na+]. The topological polar surface area (TPSA) is 60.4 Å². The van der Waals surface area contributed by atoms with E-state index in [4.69, 9.17) is 0 Å². The molecule has 0 bridgehead atoms. The van der Waals surface area contributed by atoms with E-state index in [1.165, 1.54) is 12.8 Å². The summed E-state index contributed by atoms with van der Waals surface area (Å²) in [4.78, 5) is 10.5. The Balaban J connectivity index is 0.00000324. The van der Waals surface area contributed by atoms with Gasteiger partial charge in [0.05, 0.1) is 5.60 Å². The molecule has 3 unspecified atom stereocenters. The molecule has 0 aromatic heterocycles. The molecule has 0 aromatic rings. The molecule has 1 N–H and O–H groups in total. The molecule has 1 rings (SSSR count). The molecule has 1 aliphatic rings. The molecule has 1 fully saturated rings. The number of aliphatic carboxylic acids is 1. The van der Waals surface area contributed by atoms with Crippen LogP contribution in [0.3, 0.4) is 0 Å². The van der Waals surface area contributed by atoms with Crippen molar-refractivity contribution >= 4 is 5.97 Å². The Morgan fingerprint density at radius 3 is 2.42 bits per heavy atom. The third kappa shape index (κ3) is 5.74. The predicted molar refractivity (Wildman–Crippen MR) is 69.8 cm³/mol. The van der Waals surface area contributed by atoms with E-state index in [9.17, 15) is 15.0 Å². The summed E-state index contributed by atoms with van der Waals surface area (Å²) >= 11 is 0. The van der Waals surface area contributed by atoms with Gasteiger partial charge >= 0.3 is 29.6 Å².